The summed E-state index contributed by atoms with van der Waals surface area (Å²) in [4.78, 5) is 2.64. The molecular weight excluding hydrogens is 340 g/mol. The molecule has 0 amide bonds. The fourth-order valence-electron chi connectivity index (χ4n) is 2.99. The minimum atomic E-state index is -3.48. The van der Waals surface area contributed by atoms with Gasteiger partial charge in [0.25, 0.3) is 0 Å². The van der Waals surface area contributed by atoms with E-state index in [1.54, 1.807) is 24.3 Å². The average Bonchev–Trinajstić information content (AvgIpc) is 2.64. The smallest absolute Gasteiger partial charge is 0.240 e. The second kappa shape index (κ2) is 10.1. The average molecular weight is 371 g/mol. The highest BCUT2D eigenvalue weighted by Gasteiger charge is 2.21. The highest BCUT2D eigenvalue weighted by atomic mass is 32.2. The van der Waals surface area contributed by atoms with Crippen molar-refractivity contribution in [2.45, 2.75) is 31.6 Å². The van der Waals surface area contributed by atoms with Gasteiger partial charge in [-0.05, 0) is 63.0 Å². The highest BCUT2D eigenvalue weighted by Crippen LogP contribution is 2.18. The first-order chi connectivity index (χ1) is 12.0. The van der Waals surface area contributed by atoms with E-state index in [0.29, 0.717) is 38.0 Å². The van der Waals surface area contributed by atoms with Crippen molar-refractivity contribution >= 4 is 10.0 Å². The molecule has 1 atom stereocenters. The minimum absolute atomic E-state index is 0.271. The van der Waals surface area contributed by atoms with Crippen LogP contribution in [-0.4, -0.2) is 59.3 Å². The lowest BCUT2D eigenvalue weighted by molar-refractivity contribution is 0.110. The summed E-state index contributed by atoms with van der Waals surface area (Å²) in [5.41, 5.74) is 0. The molecule has 1 aliphatic heterocycles. The van der Waals surface area contributed by atoms with Gasteiger partial charge in [-0.2, -0.15) is 0 Å². The first-order valence-electron chi connectivity index (χ1n) is 9.07. The van der Waals surface area contributed by atoms with Gasteiger partial charge < -0.3 is 14.4 Å². The first-order valence-corrected chi connectivity index (χ1v) is 10.6. The summed E-state index contributed by atoms with van der Waals surface area (Å²) in [7, 11) is -3.48. The molecule has 25 heavy (non-hydrogen) atoms. The summed E-state index contributed by atoms with van der Waals surface area (Å²) in [5.74, 6) is 1.02. The molecule has 0 saturated carbocycles. The molecule has 1 fully saturated rings. The Morgan fingerprint density at radius 2 is 1.96 bits per heavy atom. The van der Waals surface area contributed by atoms with E-state index in [2.05, 4.69) is 16.5 Å². The van der Waals surface area contributed by atoms with Crippen molar-refractivity contribution in [3.8, 4) is 5.75 Å². The normalized spacial score (nSPS) is 19.0. The maximum absolute atomic E-state index is 12.5. The third kappa shape index (κ3) is 6.58. The van der Waals surface area contributed by atoms with Crippen molar-refractivity contribution in [1.29, 1.82) is 0 Å². The van der Waals surface area contributed by atoms with Gasteiger partial charge in [-0.15, -0.1) is 0 Å². The molecule has 1 N–H and O–H groups in total. The summed E-state index contributed by atoms with van der Waals surface area (Å²) in [5, 5.41) is 0. The first kappa shape index (κ1) is 20.2. The van der Waals surface area contributed by atoms with Crippen molar-refractivity contribution in [3.05, 3.63) is 24.3 Å². The quantitative estimate of drug-likeness (QED) is 0.639. The lowest BCUT2D eigenvalue weighted by Gasteiger charge is -2.31. The molecule has 0 bridgehead atoms. The molecule has 0 radical (unpaired) electrons. The molecule has 142 valence electrons. The van der Waals surface area contributed by atoms with Crippen molar-refractivity contribution < 1.29 is 17.9 Å². The number of nitrogens with one attached hydrogen (secondary N) is 1. The third-order valence-corrected chi connectivity index (χ3v) is 5.89. The van der Waals surface area contributed by atoms with Crippen LogP contribution in [0.25, 0.3) is 0 Å². The zero-order valence-corrected chi connectivity index (χ0v) is 16.1. The molecule has 1 aromatic rings. The Balaban J connectivity index is 1.84. The van der Waals surface area contributed by atoms with E-state index in [0.717, 1.165) is 32.5 Å². The molecular formula is C18H30N2O4S. The SMILES string of the molecule is CCOCCOc1ccc(S(=O)(=O)NC[C@H]2CCCN(CC)C2)cc1. The number of sulfonamides is 1. The van der Waals surface area contributed by atoms with Crippen LogP contribution in [0.2, 0.25) is 0 Å². The summed E-state index contributed by atoms with van der Waals surface area (Å²) < 4.78 is 38.4. The lowest BCUT2D eigenvalue weighted by Crippen LogP contribution is -2.40. The molecule has 7 heteroatoms. The Kier molecular flexibility index (Phi) is 8.15. The number of ether oxygens (including phenoxy) is 2. The van der Waals surface area contributed by atoms with Crippen LogP contribution in [0, 0.1) is 5.92 Å². The molecule has 6 nitrogen and oxygen atoms in total. The van der Waals surface area contributed by atoms with Gasteiger partial charge >= 0.3 is 0 Å². The molecule has 0 unspecified atom stereocenters. The van der Waals surface area contributed by atoms with Crippen molar-refractivity contribution in [2.24, 2.45) is 5.92 Å². The Hall–Kier alpha value is -1.15. The standard InChI is InChI=1S/C18H30N2O4S/c1-3-20-11-5-6-16(15-20)14-19-25(21,22)18-9-7-17(8-10-18)24-13-12-23-4-2/h7-10,16,19H,3-6,11-15H2,1-2H3/t16-/m1/s1. The molecule has 0 aliphatic carbocycles. The Labute approximate surface area is 151 Å². The van der Waals surface area contributed by atoms with E-state index >= 15 is 0 Å². The van der Waals surface area contributed by atoms with E-state index in [1.807, 2.05) is 6.92 Å². The molecule has 1 saturated heterocycles. The maximum atomic E-state index is 12.5. The Morgan fingerprint density at radius 3 is 2.64 bits per heavy atom. The van der Waals surface area contributed by atoms with Gasteiger partial charge in [-0.1, -0.05) is 6.92 Å². The molecule has 1 heterocycles. The predicted octanol–water partition coefficient (Wildman–Crippen LogP) is 2.11. The van der Waals surface area contributed by atoms with Crippen LogP contribution in [0.5, 0.6) is 5.75 Å². The van der Waals surface area contributed by atoms with Gasteiger partial charge in [0.05, 0.1) is 11.5 Å². The topological polar surface area (TPSA) is 67.9 Å². The van der Waals surface area contributed by atoms with E-state index in [-0.39, 0.29) is 4.90 Å². The third-order valence-electron chi connectivity index (χ3n) is 4.45. The van der Waals surface area contributed by atoms with Crippen LogP contribution in [0.3, 0.4) is 0 Å². The van der Waals surface area contributed by atoms with Crippen LogP contribution in [0.4, 0.5) is 0 Å². The summed E-state index contributed by atoms with van der Waals surface area (Å²) in [6, 6.07) is 6.52. The summed E-state index contributed by atoms with van der Waals surface area (Å²) in [6.07, 6.45) is 2.21. The van der Waals surface area contributed by atoms with Gasteiger partial charge in [0.2, 0.25) is 10.0 Å². The zero-order chi connectivity index (χ0) is 18.1. The predicted molar refractivity (Wildman–Crippen MR) is 98.5 cm³/mol. The summed E-state index contributed by atoms with van der Waals surface area (Å²) in [6.45, 7) is 9.30. The van der Waals surface area contributed by atoms with Gasteiger partial charge in [0.15, 0.2) is 0 Å². The van der Waals surface area contributed by atoms with E-state index < -0.39 is 10.0 Å². The van der Waals surface area contributed by atoms with Crippen LogP contribution in [0.15, 0.2) is 29.2 Å². The van der Waals surface area contributed by atoms with Crippen LogP contribution < -0.4 is 9.46 Å². The van der Waals surface area contributed by atoms with Gasteiger partial charge in [-0.3, -0.25) is 0 Å². The van der Waals surface area contributed by atoms with Crippen LogP contribution in [0.1, 0.15) is 26.7 Å². The van der Waals surface area contributed by atoms with Crippen LogP contribution in [-0.2, 0) is 14.8 Å². The van der Waals surface area contributed by atoms with E-state index in [9.17, 15) is 8.42 Å². The molecule has 0 spiro atoms. The van der Waals surface area contributed by atoms with Crippen molar-refractivity contribution in [2.75, 3.05) is 46.0 Å². The number of likely N-dealkylation sites (tertiary alicyclic amines) is 1. The van der Waals surface area contributed by atoms with E-state index in [1.165, 1.54) is 0 Å². The van der Waals surface area contributed by atoms with Gasteiger partial charge in [0.1, 0.15) is 12.4 Å². The zero-order valence-electron chi connectivity index (χ0n) is 15.2. The van der Waals surface area contributed by atoms with Crippen molar-refractivity contribution in [3.63, 3.8) is 0 Å². The number of rotatable bonds is 10. The van der Waals surface area contributed by atoms with Crippen LogP contribution >= 0.6 is 0 Å². The molecule has 0 aromatic heterocycles. The number of hydrogen-bond donors (Lipinski definition) is 1. The van der Waals surface area contributed by atoms with Gasteiger partial charge in [0, 0.05) is 19.7 Å². The number of benzene rings is 1. The van der Waals surface area contributed by atoms with Gasteiger partial charge in [-0.25, -0.2) is 13.1 Å². The second-order valence-electron chi connectivity index (χ2n) is 6.27. The fraction of sp³-hybridized carbons (Fsp3) is 0.667. The molecule has 1 aliphatic rings. The van der Waals surface area contributed by atoms with E-state index in [4.69, 9.17) is 9.47 Å². The number of nitrogens with zero attached hydrogens (tertiary/aromatic N) is 1. The molecule has 1 aromatic carbocycles. The fourth-order valence-corrected chi connectivity index (χ4v) is 4.11. The second-order valence-corrected chi connectivity index (χ2v) is 8.04. The maximum Gasteiger partial charge on any atom is 0.240 e. The summed E-state index contributed by atoms with van der Waals surface area (Å²) >= 11 is 0. The minimum Gasteiger partial charge on any atom is -0.491 e. The molecule has 2 rings (SSSR count). The lowest BCUT2D eigenvalue weighted by atomic mass is 9.98. The van der Waals surface area contributed by atoms with Crippen molar-refractivity contribution in [1.82, 2.24) is 9.62 Å². The Bertz CT molecular complexity index is 604. The highest BCUT2D eigenvalue weighted by molar-refractivity contribution is 7.89. The largest absolute Gasteiger partial charge is 0.491 e. The monoisotopic (exact) mass is 370 g/mol. The number of piperidine rings is 1. The Morgan fingerprint density at radius 1 is 1.20 bits per heavy atom. The number of hydrogen-bond acceptors (Lipinski definition) is 5.